The Morgan fingerprint density at radius 2 is 1.70 bits per heavy atom. The Bertz CT molecular complexity index is 1010. The number of rotatable bonds is 3. The maximum atomic E-state index is 14.2. The van der Waals surface area contributed by atoms with Gasteiger partial charge in [0.2, 0.25) is 0 Å². The van der Waals surface area contributed by atoms with Crippen molar-refractivity contribution in [2.24, 2.45) is 0 Å². The number of pyridine rings is 1. The van der Waals surface area contributed by atoms with Crippen molar-refractivity contribution in [3.05, 3.63) is 89.5 Å². The van der Waals surface area contributed by atoms with Crippen LogP contribution in [-0.2, 0) is 4.74 Å². The van der Waals surface area contributed by atoms with Crippen LogP contribution in [0, 0.1) is 17.5 Å². The van der Waals surface area contributed by atoms with Crippen molar-refractivity contribution in [3.8, 4) is 11.1 Å². The number of halogens is 3. The molecule has 2 atom stereocenters. The first-order chi connectivity index (χ1) is 13.0. The maximum absolute atomic E-state index is 14.2. The SMILES string of the molecule is O=C1N[C@H](c2cncc(-c3ccccc3)c2)[C@@H](c2ccc(F)c(F)c2F)O1. The summed E-state index contributed by atoms with van der Waals surface area (Å²) in [6, 6.07) is 12.3. The second-order valence-corrected chi connectivity index (χ2v) is 6.09. The van der Waals surface area contributed by atoms with Crippen molar-refractivity contribution < 1.29 is 22.7 Å². The van der Waals surface area contributed by atoms with Gasteiger partial charge in [0.05, 0.1) is 0 Å². The highest BCUT2D eigenvalue weighted by molar-refractivity contribution is 5.72. The molecule has 3 aromatic rings. The topological polar surface area (TPSA) is 51.2 Å². The quantitative estimate of drug-likeness (QED) is 0.681. The number of benzene rings is 2. The molecule has 0 unspecified atom stereocenters. The van der Waals surface area contributed by atoms with Gasteiger partial charge in [0.1, 0.15) is 6.04 Å². The van der Waals surface area contributed by atoms with Gasteiger partial charge in [0, 0.05) is 23.5 Å². The van der Waals surface area contributed by atoms with Crippen LogP contribution in [0.4, 0.5) is 18.0 Å². The number of nitrogens with zero attached hydrogens (tertiary/aromatic N) is 1. The highest BCUT2D eigenvalue weighted by Crippen LogP contribution is 2.39. The number of alkyl carbamates (subject to hydrolysis) is 1. The summed E-state index contributed by atoms with van der Waals surface area (Å²) >= 11 is 0. The third-order valence-corrected chi connectivity index (χ3v) is 4.41. The fraction of sp³-hybridized carbons (Fsp3) is 0.100. The lowest BCUT2D eigenvalue weighted by molar-refractivity contribution is 0.129. The first-order valence-corrected chi connectivity index (χ1v) is 8.15. The molecule has 1 fully saturated rings. The summed E-state index contributed by atoms with van der Waals surface area (Å²) in [7, 11) is 0. The molecule has 0 bridgehead atoms. The molecule has 1 aliphatic heterocycles. The van der Waals surface area contributed by atoms with Crippen LogP contribution in [0.15, 0.2) is 60.9 Å². The summed E-state index contributed by atoms with van der Waals surface area (Å²) < 4.78 is 46.2. The van der Waals surface area contributed by atoms with E-state index in [1.807, 2.05) is 30.3 Å². The molecule has 4 nitrogen and oxygen atoms in total. The van der Waals surface area contributed by atoms with E-state index in [9.17, 15) is 18.0 Å². The Morgan fingerprint density at radius 1 is 0.926 bits per heavy atom. The number of ether oxygens (including phenoxy) is 1. The molecule has 2 aromatic carbocycles. The van der Waals surface area contributed by atoms with Crippen LogP contribution in [-0.4, -0.2) is 11.1 Å². The summed E-state index contributed by atoms with van der Waals surface area (Å²) in [6.45, 7) is 0. The van der Waals surface area contributed by atoms with Gasteiger partial charge in [-0.25, -0.2) is 18.0 Å². The largest absolute Gasteiger partial charge is 0.439 e. The molecule has 1 N–H and O–H groups in total. The van der Waals surface area contributed by atoms with E-state index in [0.717, 1.165) is 23.3 Å². The second kappa shape index (κ2) is 6.75. The lowest BCUT2D eigenvalue weighted by Gasteiger charge is -2.19. The smallest absolute Gasteiger partial charge is 0.408 e. The number of hydrogen-bond donors (Lipinski definition) is 1. The molecule has 2 heterocycles. The van der Waals surface area contributed by atoms with E-state index in [1.165, 1.54) is 6.20 Å². The summed E-state index contributed by atoms with van der Waals surface area (Å²) in [5.74, 6) is -4.29. The highest BCUT2D eigenvalue weighted by Gasteiger charge is 2.39. The van der Waals surface area contributed by atoms with Crippen LogP contribution < -0.4 is 5.32 Å². The molecule has 0 spiro atoms. The van der Waals surface area contributed by atoms with Gasteiger partial charge in [0.25, 0.3) is 0 Å². The summed E-state index contributed by atoms with van der Waals surface area (Å²) in [4.78, 5) is 16.0. The van der Waals surface area contributed by atoms with E-state index in [0.29, 0.717) is 5.56 Å². The van der Waals surface area contributed by atoms with Crippen molar-refractivity contribution in [2.75, 3.05) is 0 Å². The van der Waals surface area contributed by atoms with E-state index >= 15 is 0 Å². The second-order valence-electron chi connectivity index (χ2n) is 6.09. The minimum atomic E-state index is -1.61. The third-order valence-electron chi connectivity index (χ3n) is 4.41. The van der Waals surface area contributed by atoms with Gasteiger partial charge >= 0.3 is 6.09 Å². The van der Waals surface area contributed by atoms with Crippen molar-refractivity contribution in [3.63, 3.8) is 0 Å². The van der Waals surface area contributed by atoms with Crippen LogP contribution >= 0.6 is 0 Å². The van der Waals surface area contributed by atoms with E-state index in [2.05, 4.69) is 10.3 Å². The fourth-order valence-electron chi connectivity index (χ4n) is 3.10. The molecule has 1 aromatic heterocycles. The molecule has 0 radical (unpaired) electrons. The van der Waals surface area contributed by atoms with E-state index in [1.54, 1.807) is 12.3 Å². The molecule has 1 amide bonds. The van der Waals surface area contributed by atoms with Crippen molar-refractivity contribution in [2.45, 2.75) is 12.1 Å². The number of carbonyl (C=O) groups excluding carboxylic acids is 1. The number of nitrogens with one attached hydrogen (secondary N) is 1. The van der Waals surface area contributed by atoms with Crippen molar-refractivity contribution >= 4 is 6.09 Å². The van der Waals surface area contributed by atoms with Gasteiger partial charge in [0.15, 0.2) is 23.6 Å². The lowest BCUT2D eigenvalue weighted by Crippen LogP contribution is -2.20. The number of cyclic esters (lactones) is 1. The molecule has 0 aliphatic carbocycles. The van der Waals surface area contributed by atoms with E-state index in [-0.39, 0.29) is 5.56 Å². The lowest BCUT2D eigenvalue weighted by atomic mass is 9.95. The van der Waals surface area contributed by atoms with Gasteiger partial charge < -0.3 is 10.1 Å². The minimum absolute atomic E-state index is 0.248. The van der Waals surface area contributed by atoms with Crippen LogP contribution in [0.25, 0.3) is 11.1 Å². The maximum Gasteiger partial charge on any atom is 0.408 e. The highest BCUT2D eigenvalue weighted by atomic mass is 19.2. The predicted molar refractivity (Wildman–Crippen MR) is 91.1 cm³/mol. The molecule has 1 saturated heterocycles. The number of carbonyl (C=O) groups is 1. The monoisotopic (exact) mass is 370 g/mol. The van der Waals surface area contributed by atoms with Gasteiger partial charge in [-0.2, -0.15) is 0 Å². The summed E-state index contributed by atoms with van der Waals surface area (Å²) in [5, 5.41) is 2.57. The summed E-state index contributed by atoms with van der Waals surface area (Å²) in [6.07, 6.45) is 1.24. The molecule has 4 rings (SSSR count). The first kappa shape index (κ1) is 17.1. The summed E-state index contributed by atoms with van der Waals surface area (Å²) in [5.41, 5.74) is 2.00. The van der Waals surface area contributed by atoms with Gasteiger partial charge in [-0.3, -0.25) is 4.98 Å². The standard InChI is InChI=1S/C20H13F3N2O2/c21-15-7-6-14(16(22)17(15)23)19-18(25-20(26)27-19)13-8-12(9-24-10-13)11-4-2-1-3-5-11/h1-10,18-19H,(H,25,26)/t18-,19-/m1/s1. The van der Waals surface area contributed by atoms with Gasteiger partial charge in [-0.1, -0.05) is 30.3 Å². The molecule has 0 saturated carbocycles. The fourth-order valence-corrected chi connectivity index (χ4v) is 3.10. The Hall–Kier alpha value is -3.35. The van der Waals surface area contributed by atoms with Gasteiger partial charge in [-0.05, 0) is 29.3 Å². The number of hydrogen-bond acceptors (Lipinski definition) is 3. The zero-order valence-corrected chi connectivity index (χ0v) is 13.8. The van der Waals surface area contributed by atoms with Crippen LogP contribution in [0.1, 0.15) is 23.3 Å². The van der Waals surface area contributed by atoms with Crippen molar-refractivity contribution in [1.29, 1.82) is 0 Å². The number of aromatic nitrogens is 1. The third kappa shape index (κ3) is 3.12. The normalized spacial score (nSPS) is 18.9. The molecular formula is C20H13F3N2O2. The van der Waals surface area contributed by atoms with Crippen LogP contribution in [0.3, 0.4) is 0 Å². The number of amides is 1. The average molecular weight is 370 g/mol. The zero-order valence-electron chi connectivity index (χ0n) is 13.8. The zero-order chi connectivity index (χ0) is 19.0. The molecular weight excluding hydrogens is 357 g/mol. The Balaban J connectivity index is 1.75. The van der Waals surface area contributed by atoms with Crippen molar-refractivity contribution in [1.82, 2.24) is 10.3 Å². The molecule has 7 heteroatoms. The predicted octanol–water partition coefficient (Wildman–Crippen LogP) is 4.69. The van der Waals surface area contributed by atoms with E-state index in [4.69, 9.17) is 4.74 Å². The molecule has 1 aliphatic rings. The Labute approximate surface area is 152 Å². The Morgan fingerprint density at radius 3 is 2.48 bits per heavy atom. The van der Waals surface area contributed by atoms with Crippen LogP contribution in [0.2, 0.25) is 0 Å². The molecule has 136 valence electrons. The first-order valence-electron chi connectivity index (χ1n) is 8.15. The Kier molecular flexibility index (Phi) is 4.27. The van der Waals surface area contributed by atoms with E-state index < -0.39 is 35.7 Å². The minimum Gasteiger partial charge on any atom is -0.439 e. The average Bonchev–Trinajstić information content (AvgIpc) is 3.08. The van der Waals surface area contributed by atoms with Crippen LogP contribution in [0.5, 0.6) is 0 Å². The van der Waals surface area contributed by atoms with Gasteiger partial charge in [-0.15, -0.1) is 0 Å². The molecule has 27 heavy (non-hydrogen) atoms.